The maximum absolute atomic E-state index is 13.3. The third-order valence-corrected chi connectivity index (χ3v) is 9.42. The van der Waals surface area contributed by atoms with Crippen LogP contribution in [0.25, 0.3) is 0 Å². The smallest absolute Gasteiger partial charge is 0.112 e. The van der Waals surface area contributed by atoms with Crippen LogP contribution in [-0.2, 0) is 0 Å². The topological polar surface area (TPSA) is 0 Å². The summed E-state index contributed by atoms with van der Waals surface area (Å²) < 4.78 is 13.3. The number of rotatable bonds is 6. The van der Waals surface area contributed by atoms with Crippen LogP contribution in [-0.4, -0.2) is 12.8 Å². The molecule has 26 heavy (non-hydrogen) atoms. The van der Waals surface area contributed by atoms with Crippen molar-refractivity contribution in [3.63, 3.8) is 0 Å². The Morgan fingerprint density at radius 3 is 1.35 bits per heavy atom. The molecule has 0 fully saturated rings. The van der Waals surface area contributed by atoms with Gasteiger partial charge in [0.25, 0.3) is 0 Å². The Morgan fingerprint density at radius 1 is 0.654 bits per heavy atom. The normalized spacial score (nSPS) is 11.5. The third kappa shape index (κ3) is 3.74. The lowest BCUT2D eigenvalue weighted by Gasteiger charge is -2.28. The fourth-order valence-corrected chi connectivity index (χ4v) is 8.28. The molecule has 0 aromatic heterocycles. The molecule has 0 atom stereocenters. The number of halogens is 1. The van der Waals surface area contributed by atoms with Crippen LogP contribution < -0.4 is 15.9 Å². The largest absolute Gasteiger partial charge is 0.251 e. The molecule has 0 nitrogen and oxygen atoms in total. The molecule has 0 unspecified atom stereocenters. The molecule has 0 spiro atoms. The van der Waals surface area contributed by atoms with E-state index in [1.165, 1.54) is 32.6 Å². The van der Waals surface area contributed by atoms with E-state index in [2.05, 4.69) is 93.6 Å². The van der Waals surface area contributed by atoms with Crippen LogP contribution in [0.4, 0.5) is 4.39 Å². The van der Waals surface area contributed by atoms with Crippen molar-refractivity contribution in [3.05, 3.63) is 89.5 Å². The molecule has 134 valence electrons. The van der Waals surface area contributed by atoms with Gasteiger partial charge in [0, 0.05) is 6.42 Å². The fraction of sp³-hybridized carbons (Fsp3) is 0.250. The lowest BCUT2D eigenvalue weighted by molar-refractivity contribution is 0.489. The number of alkyl halides is 1. The molecule has 0 N–H and O–H groups in total. The van der Waals surface area contributed by atoms with Crippen molar-refractivity contribution >= 4 is 23.2 Å². The summed E-state index contributed by atoms with van der Waals surface area (Å²) >= 11 is 0. The number of benzene rings is 3. The third-order valence-electron chi connectivity index (χ3n) is 4.95. The predicted molar refractivity (Wildman–Crippen MR) is 115 cm³/mol. The van der Waals surface area contributed by atoms with Gasteiger partial charge in [0.2, 0.25) is 0 Å². The van der Waals surface area contributed by atoms with Crippen LogP contribution in [0, 0.1) is 20.8 Å². The minimum Gasteiger partial charge on any atom is -0.251 e. The minimum atomic E-state index is -1.89. The number of hydrogen-bond acceptors (Lipinski definition) is 0. The summed E-state index contributed by atoms with van der Waals surface area (Å²) in [6.45, 7) is 6.14. The lowest BCUT2D eigenvalue weighted by Crippen LogP contribution is -2.34. The summed E-state index contributed by atoms with van der Waals surface area (Å²) in [5.41, 5.74) is 3.77. The van der Waals surface area contributed by atoms with E-state index in [4.69, 9.17) is 0 Å². The van der Waals surface area contributed by atoms with Crippen LogP contribution in [0.1, 0.15) is 23.1 Å². The molecule has 3 aromatic rings. The highest BCUT2D eigenvalue weighted by Crippen LogP contribution is 2.56. The molecule has 3 rings (SSSR count). The summed E-state index contributed by atoms with van der Waals surface area (Å²) in [7, 11) is -1.89. The SMILES string of the molecule is Cc1cccc([P+](CCC[18F])(c2cccc(C)c2)c2cccc(C)c2)c1. The maximum atomic E-state index is 13.3. The summed E-state index contributed by atoms with van der Waals surface area (Å²) in [6, 6.07) is 26.5. The molecule has 0 aliphatic heterocycles. The van der Waals surface area contributed by atoms with Crippen molar-refractivity contribution in [2.45, 2.75) is 27.2 Å². The Bertz CT molecular complexity index is 774. The van der Waals surface area contributed by atoms with E-state index in [-0.39, 0.29) is 6.67 Å². The van der Waals surface area contributed by atoms with Gasteiger partial charge in [-0.05, 0) is 73.9 Å². The van der Waals surface area contributed by atoms with E-state index in [1.54, 1.807) is 0 Å². The first-order valence-electron chi connectivity index (χ1n) is 9.22. The van der Waals surface area contributed by atoms with E-state index in [0.29, 0.717) is 6.42 Å². The van der Waals surface area contributed by atoms with E-state index in [0.717, 1.165) is 6.16 Å². The molecule has 0 saturated carbocycles. The van der Waals surface area contributed by atoms with Gasteiger partial charge in [0.15, 0.2) is 0 Å². The van der Waals surface area contributed by atoms with Gasteiger partial charge in [-0.3, -0.25) is 4.39 Å². The first-order valence-corrected chi connectivity index (χ1v) is 11.2. The van der Waals surface area contributed by atoms with Gasteiger partial charge in [-0.1, -0.05) is 36.4 Å². The van der Waals surface area contributed by atoms with Crippen LogP contribution in [0.2, 0.25) is 0 Å². The second kappa shape index (κ2) is 8.14. The van der Waals surface area contributed by atoms with Crippen molar-refractivity contribution < 1.29 is 4.39 Å². The quantitative estimate of drug-likeness (QED) is 0.523. The molecule has 0 saturated heterocycles. The summed E-state index contributed by atoms with van der Waals surface area (Å²) in [4.78, 5) is 0. The summed E-state index contributed by atoms with van der Waals surface area (Å²) in [5.74, 6) is 0. The molecular formula is C24H27FP+. The Hall–Kier alpha value is -1.98. The highest BCUT2D eigenvalue weighted by molar-refractivity contribution is 7.95. The molecule has 0 bridgehead atoms. The van der Waals surface area contributed by atoms with Crippen molar-refractivity contribution in [3.8, 4) is 0 Å². The lowest BCUT2D eigenvalue weighted by atomic mass is 10.2. The van der Waals surface area contributed by atoms with E-state index >= 15 is 0 Å². The molecule has 0 radical (unpaired) electrons. The van der Waals surface area contributed by atoms with Gasteiger partial charge in [-0.2, -0.15) is 0 Å². The molecule has 0 heterocycles. The van der Waals surface area contributed by atoms with E-state index < -0.39 is 7.26 Å². The van der Waals surface area contributed by atoms with Crippen LogP contribution in [0.15, 0.2) is 72.8 Å². The first-order chi connectivity index (χ1) is 12.6. The van der Waals surface area contributed by atoms with Gasteiger partial charge in [0.05, 0.1) is 12.8 Å². The predicted octanol–water partition coefficient (Wildman–Crippen LogP) is 5.27. The number of aryl methyl sites for hydroxylation is 3. The van der Waals surface area contributed by atoms with Gasteiger partial charge in [-0.15, -0.1) is 0 Å². The number of hydrogen-bond donors (Lipinski definition) is 0. The Labute approximate surface area is 157 Å². The first kappa shape index (κ1) is 18.8. The monoisotopic (exact) mass is 364 g/mol. The van der Waals surface area contributed by atoms with E-state index in [9.17, 15) is 4.39 Å². The molecule has 3 aromatic carbocycles. The molecular weight excluding hydrogens is 337 g/mol. The molecule has 0 amide bonds. The minimum absolute atomic E-state index is 0.273. The maximum Gasteiger partial charge on any atom is 0.112 e. The summed E-state index contributed by atoms with van der Waals surface area (Å²) in [6.07, 6.45) is 1.45. The highest BCUT2D eigenvalue weighted by atomic mass is 31.2. The zero-order valence-electron chi connectivity index (χ0n) is 15.9. The average Bonchev–Trinajstić information content (AvgIpc) is 2.63. The zero-order valence-corrected chi connectivity index (χ0v) is 16.8. The van der Waals surface area contributed by atoms with E-state index in [1.807, 2.05) is 0 Å². The average molecular weight is 364 g/mol. The van der Waals surface area contributed by atoms with Crippen molar-refractivity contribution in [2.75, 3.05) is 12.8 Å². The van der Waals surface area contributed by atoms with Crippen molar-refractivity contribution in [2.24, 2.45) is 0 Å². The van der Waals surface area contributed by atoms with Gasteiger partial charge >= 0.3 is 0 Å². The Morgan fingerprint density at radius 2 is 1.04 bits per heavy atom. The van der Waals surface area contributed by atoms with Gasteiger partial charge < -0.3 is 0 Å². The molecule has 0 aliphatic rings. The van der Waals surface area contributed by atoms with Crippen LogP contribution in [0.5, 0.6) is 0 Å². The Kier molecular flexibility index (Phi) is 5.89. The fourth-order valence-electron chi connectivity index (χ4n) is 3.73. The van der Waals surface area contributed by atoms with Crippen molar-refractivity contribution in [1.82, 2.24) is 0 Å². The Balaban J connectivity index is 2.34. The van der Waals surface area contributed by atoms with Gasteiger partial charge in [-0.25, -0.2) is 0 Å². The molecule has 2 heteroatoms. The van der Waals surface area contributed by atoms with Gasteiger partial charge in [0.1, 0.15) is 23.2 Å². The molecule has 0 aliphatic carbocycles. The summed E-state index contributed by atoms with van der Waals surface area (Å²) in [5, 5.41) is 4.05. The van der Waals surface area contributed by atoms with Crippen LogP contribution in [0.3, 0.4) is 0 Å². The standard InChI is InChI=1S/C24H27FP/c1-19-8-4-11-22(16-19)26(15-7-14-25,23-12-5-9-20(2)17-23)24-13-6-10-21(3)18-24/h4-6,8-13,16-18H,7,14-15H2,1-3H3/q+1/i25-1. The van der Waals surface area contributed by atoms with Crippen molar-refractivity contribution in [1.29, 1.82) is 0 Å². The highest BCUT2D eigenvalue weighted by Gasteiger charge is 2.45. The second-order valence-corrected chi connectivity index (χ2v) is 10.7. The zero-order chi connectivity index (χ0) is 18.6. The van der Waals surface area contributed by atoms with Crippen LogP contribution >= 0.6 is 7.26 Å². The second-order valence-electron chi connectivity index (χ2n) is 7.09.